The van der Waals surface area contributed by atoms with Crippen LogP contribution in [0.4, 0.5) is 5.69 Å². The lowest BCUT2D eigenvalue weighted by molar-refractivity contribution is 1.06. The molecule has 0 heterocycles. The van der Waals surface area contributed by atoms with Gasteiger partial charge >= 0.3 is 0 Å². The lowest BCUT2D eigenvalue weighted by Crippen LogP contribution is -2.11. The first-order chi connectivity index (χ1) is 6.22. The molecule has 0 aromatic heterocycles. The summed E-state index contributed by atoms with van der Waals surface area (Å²) >= 11 is 0. The molecule has 0 unspecified atom stereocenters. The summed E-state index contributed by atoms with van der Waals surface area (Å²) in [4.78, 5) is 0. The lowest BCUT2D eigenvalue weighted by Gasteiger charge is -2.13. The highest BCUT2D eigenvalue weighted by molar-refractivity contribution is 5.58. The van der Waals surface area contributed by atoms with E-state index in [2.05, 4.69) is 38.3 Å². The van der Waals surface area contributed by atoms with E-state index in [0.717, 1.165) is 18.5 Å². The van der Waals surface area contributed by atoms with Crippen LogP contribution in [0.2, 0.25) is 0 Å². The van der Waals surface area contributed by atoms with Gasteiger partial charge in [0.25, 0.3) is 0 Å². The van der Waals surface area contributed by atoms with Crippen molar-refractivity contribution in [2.75, 3.05) is 5.43 Å². The fraction of sp³-hybridized carbons (Fsp3) is 0.455. The highest BCUT2D eigenvalue weighted by Gasteiger charge is 2.05. The minimum atomic E-state index is 1.02. The van der Waals surface area contributed by atoms with Crippen molar-refractivity contribution in [2.45, 2.75) is 33.6 Å². The van der Waals surface area contributed by atoms with Crippen LogP contribution in [0.25, 0.3) is 0 Å². The largest absolute Gasteiger partial charge is 0.324 e. The van der Waals surface area contributed by atoms with E-state index in [1.54, 1.807) is 0 Å². The van der Waals surface area contributed by atoms with Crippen LogP contribution in [0, 0.1) is 6.92 Å². The quantitative estimate of drug-likeness (QED) is 0.551. The minimum absolute atomic E-state index is 1.02. The van der Waals surface area contributed by atoms with Gasteiger partial charge < -0.3 is 5.43 Å². The first kappa shape index (κ1) is 10.1. The highest BCUT2D eigenvalue weighted by Crippen LogP contribution is 2.23. The van der Waals surface area contributed by atoms with Gasteiger partial charge in [-0.1, -0.05) is 31.5 Å². The molecule has 0 spiro atoms. The van der Waals surface area contributed by atoms with Gasteiger partial charge in [0.2, 0.25) is 0 Å². The molecule has 0 saturated carbocycles. The molecule has 0 saturated heterocycles. The summed E-state index contributed by atoms with van der Waals surface area (Å²) < 4.78 is 0. The molecule has 0 aliphatic carbocycles. The van der Waals surface area contributed by atoms with Crippen molar-refractivity contribution in [1.29, 1.82) is 0 Å². The first-order valence-corrected chi connectivity index (χ1v) is 4.81. The number of aryl methyl sites for hydroxylation is 3. The van der Waals surface area contributed by atoms with Crippen LogP contribution in [0.1, 0.15) is 30.5 Å². The second-order valence-corrected chi connectivity index (χ2v) is 3.31. The maximum absolute atomic E-state index is 5.50. The molecule has 13 heavy (non-hydrogen) atoms. The number of hydrogen-bond donors (Lipinski definition) is 2. The number of nitrogen functional groups attached to an aromatic ring is 1. The van der Waals surface area contributed by atoms with Gasteiger partial charge in [-0.3, -0.25) is 5.84 Å². The zero-order chi connectivity index (χ0) is 9.84. The number of benzene rings is 1. The van der Waals surface area contributed by atoms with Crippen LogP contribution in [0.3, 0.4) is 0 Å². The summed E-state index contributed by atoms with van der Waals surface area (Å²) in [5, 5.41) is 0. The Balaban J connectivity index is 3.25. The van der Waals surface area contributed by atoms with Crippen LogP contribution >= 0.6 is 0 Å². The fourth-order valence-corrected chi connectivity index (χ4v) is 1.68. The Bertz CT molecular complexity index is 267. The van der Waals surface area contributed by atoms with Crippen molar-refractivity contribution >= 4 is 5.69 Å². The fourth-order valence-electron chi connectivity index (χ4n) is 1.68. The topological polar surface area (TPSA) is 38.0 Å². The van der Waals surface area contributed by atoms with Gasteiger partial charge in [-0.05, 0) is 30.9 Å². The number of anilines is 1. The Hall–Kier alpha value is -1.02. The molecule has 2 heteroatoms. The monoisotopic (exact) mass is 178 g/mol. The van der Waals surface area contributed by atoms with E-state index in [0.29, 0.717) is 0 Å². The molecule has 0 amide bonds. The Morgan fingerprint density at radius 2 is 1.62 bits per heavy atom. The van der Waals surface area contributed by atoms with Crippen molar-refractivity contribution in [3.63, 3.8) is 0 Å². The Labute approximate surface area is 80.1 Å². The van der Waals surface area contributed by atoms with Crippen molar-refractivity contribution < 1.29 is 0 Å². The van der Waals surface area contributed by atoms with E-state index >= 15 is 0 Å². The van der Waals surface area contributed by atoms with Crippen LogP contribution in [0.15, 0.2) is 12.1 Å². The van der Waals surface area contributed by atoms with Crippen molar-refractivity contribution in [2.24, 2.45) is 5.84 Å². The summed E-state index contributed by atoms with van der Waals surface area (Å²) in [6.07, 6.45) is 2.04. The van der Waals surface area contributed by atoms with Crippen LogP contribution in [-0.2, 0) is 12.8 Å². The third kappa shape index (κ3) is 2.01. The molecular weight excluding hydrogens is 160 g/mol. The molecule has 3 N–H and O–H groups in total. The molecule has 0 fully saturated rings. The second-order valence-electron chi connectivity index (χ2n) is 3.31. The molecule has 72 valence electrons. The zero-order valence-corrected chi connectivity index (χ0v) is 8.65. The minimum Gasteiger partial charge on any atom is -0.324 e. The Morgan fingerprint density at radius 3 is 1.92 bits per heavy atom. The highest BCUT2D eigenvalue weighted by atomic mass is 15.2. The zero-order valence-electron chi connectivity index (χ0n) is 8.65. The number of nitrogens with one attached hydrogen (secondary N) is 1. The number of hydrazine groups is 1. The molecule has 1 aromatic carbocycles. The molecule has 0 aliphatic heterocycles. The Kier molecular flexibility index (Phi) is 3.32. The molecule has 1 aromatic rings. The van der Waals surface area contributed by atoms with Crippen LogP contribution < -0.4 is 11.3 Å². The average molecular weight is 178 g/mol. The third-order valence-corrected chi connectivity index (χ3v) is 2.35. The molecule has 0 radical (unpaired) electrons. The molecule has 0 bridgehead atoms. The normalized spacial score (nSPS) is 10.2. The average Bonchev–Trinajstić information content (AvgIpc) is 2.16. The molecule has 1 rings (SSSR count). The van der Waals surface area contributed by atoms with Crippen molar-refractivity contribution in [1.82, 2.24) is 0 Å². The summed E-state index contributed by atoms with van der Waals surface area (Å²) in [7, 11) is 0. The van der Waals surface area contributed by atoms with Crippen LogP contribution in [-0.4, -0.2) is 0 Å². The first-order valence-electron chi connectivity index (χ1n) is 4.81. The van der Waals surface area contributed by atoms with Crippen molar-refractivity contribution in [3.05, 3.63) is 28.8 Å². The molecule has 0 aliphatic rings. The van der Waals surface area contributed by atoms with E-state index in [-0.39, 0.29) is 0 Å². The maximum atomic E-state index is 5.50. The van der Waals surface area contributed by atoms with Gasteiger partial charge in [-0.15, -0.1) is 0 Å². The van der Waals surface area contributed by atoms with Gasteiger partial charge in [0.1, 0.15) is 0 Å². The standard InChI is InChI=1S/C11H18N2/c1-4-9-6-8(3)7-10(5-2)11(9)13-12/h6-7,13H,4-5,12H2,1-3H3. The van der Waals surface area contributed by atoms with E-state index in [1.807, 2.05) is 0 Å². The van der Waals surface area contributed by atoms with Gasteiger partial charge in [-0.2, -0.15) is 0 Å². The van der Waals surface area contributed by atoms with Crippen LogP contribution in [0.5, 0.6) is 0 Å². The predicted octanol–water partition coefficient (Wildman–Crippen LogP) is 2.41. The Morgan fingerprint density at radius 1 is 1.15 bits per heavy atom. The summed E-state index contributed by atoms with van der Waals surface area (Å²) in [6, 6.07) is 4.38. The van der Waals surface area contributed by atoms with E-state index < -0.39 is 0 Å². The third-order valence-electron chi connectivity index (χ3n) is 2.35. The lowest BCUT2D eigenvalue weighted by atomic mass is 10.0. The number of hydrogen-bond acceptors (Lipinski definition) is 2. The van der Waals surface area contributed by atoms with Crippen molar-refractivity contribution in [3.8, 4) is 0 Å². The van der Waals surface area contributed by atoms with Gasteiger partial charge in [0.15, 0.2) is 0 Å². The maximum Gasteiger partial charge on any atom is 0.0549 e. The number of nitrogens with two attached hydrogens (primary N) is 1. The van der Waals surface area contributed by atoms with Gasteiger partial charge in [-0.25, -0.2) is 0 Å². The molecule has 0 atom stereocenters. The van der Waals surface area contributed by atoms with E-state index in [9.17, 15) is 0 Å². The molecule has 2 nitrogen and oxygen atoms in total. The van der Waals surface area contributed by atoms with E-state index in [1.165, 1.54) is 16.7 Å². The van der Waals surface area contributed by atoms with E-state index in [4.69, 9.17) is 5.84 Å². The predicted molar refractivity (Wildman–Crippen MR) is 57.7 cm³/mol. The smallest absolute Gasteiger partial charge is 0.0549 e. The summed E-state index contributed by atoms with van der Waals surface area (Å²) in [5.41, 5.74) is 7.82. The summed E-state index contributed by atoms with van der Waals surface area (Å²) in [6.45, 7) is 6.42. The van der Waals surface area contributed by atoms with Gasteiger partial charge in [0, 0.05) is 0 Å². The SMILES string of the molecule is CCc1cc(C)cc(CC)c1NN. The molecular formula is C11H18N2. The number of rotatable bonds is 3. The second kappa shape index (κ2) is 4.28. The van der Waals surface area contributed by atoms with Gasteiger partial charge in [0.05, 0.1) is 5.69 Å². The summed E-state index contributed by atoms with van der Waals surface area (Å²) in [5.74, 6) is 5.50.